The van der Waals surface area contributed by atoms with Crippen molar-refractivity contribution in [3.8, 4) is 11.6 Å². The van der Waals surface area contributed by atoms with Gasteiger partial charge in [-0.3, -0.25) is 4.79 Å². The molecule has 8 heteroatoms. The van der Waals surface area contributed by atoms with E-state index in [2.05, 4.69) is 22.4 Å². The van der Waals surface area contributed by atoms with Gasteiger partial charge in [-0.15, -0.1) is 10.2 Å². The van der Waals surface area contributed by atoms with E-state index in [1.165, 1.54) is 35.7 Å². The summed E-state index contributed by atoms with van der Waals surface area (Å²) in [5.74, 6) is 7.56. The first-order chi connectivity index (χ1) is 11.6. The van der Waals surface area contributed by atoms with Crippen LogP contribution < -0.4 is 11.2 Å². The number of nitrogen functional groups attached to an aromatic ring is 1. The molecule has 24 heavy (non-hydrogen) atoms. The van der Waals surface area contributed by atoms with Gasteiger partial charge >= 0.3 is 0 Å². The SMILES string of the molecule is C[C@@H](Sc1nnc(-c2ccco2)n1N)C(=O)N[C@H]1CCCC[C@@H]1C. The number of hydrogen-bond donors (Lipinski definition) is 2. The number of nitrogens with two attached hydrogens (primary N) is 1. The molecule has 0 aliphatic heterocycles. The minimum absolute atomic E-state index is 0.0151. The lowest BCUT2D eigenvalue weighted by Crippen LogP contribution is -2.44. The molecule has 0 bridgehead atoms. The lowest BCUT2D eigenvalue weighted by molar-refractivity contribution is -0.121. The first-order valence-corrected chi connectivity index (χ1v) is 9.15. The van der Waals surface area contributed by atoms with Crippen molar-refractivity contribution in [2.45, 2.75) is 56.0 Å². The number of carbonyl (C=O) groups excluding carboxylic acids is 1. The van der Waals surface area contributed by atoms with Gasteiger partial charge in [0.05, 0.1) is 11.5 Å². The van der Waals surface area contributed by atoms with Gasteiger partial charge in [-0.05, 0) is 37.8 Å². The lowest BCUT2D eigenvalue weighted by Gasteiger charge is -2.30. The van der Waals surface area contributed by atoms with Crippen molar-refractivity contribution >= 4 is 17.7 Å². The maximum Gasteiger partial charge on any atom is 0.233 e. The smallest absolute Gasteiger partial charge is 0.233 e. The molecular formula is C16H23N5O2S. The number of amides is 1. The summed E-state index contributed by atoms with van der Waals surface area (Å²) in [7, 11) is 0. The topological polar surface area (TPSA) is 99.0 Å². The number of nitrogens with zero attached hydrogens (tertiary/aromatic N) is 3. The Labute approximate surface area is 145 Å². The van der Waals surface area contributed by atoms with Gasteiger partial charge in [0, 0.05) is 6.04 Å². The van der Waals surface area contributed by atoms with Gasteiger partial charge in [0.15, 0.2) is 5.76 Å². The molecule has 3 atom stereocenters. The highest BCUT2D eigenvalue weighted by Crippen LogP contribution is 2.27. The Morgan fingerprint density at radius 2 is 2.25 bits per heavy atom. The number of hydrogen-bond acceptors (Lipinski definition) is 6. The van der Waals surface area contributed by atoms with Crippen molar-refractivity contribution in [2.75, 3.05) is 5.84 Å². The van der Waals surface area contributed by atoms with E-state index in [0.29, 0.717) is 22.7 Å². The van der Waals surface area contributed by atoms with Crippen molar-refractivity contribution < 1.29 is 9.21 Å². The molecule has 1 fully saturated rings. The van der Waals surface area contributed by atoms with E-state index >= 15 is 0 Å². The van der Waals surface area contributed by atoms with Crippen LogP contribution in [0.2, 0.25) is 0 Å². The highest BCUT2D eigenvalue weighted by atomic mass is 32.2. The molecule has 1 amide bonds. The fourth-order valence-electron chi connectivity index (χ4n) is 2.97. The Hall–Kier alpha value is -1.96. The maximum absolute atomic E-state index is 12.5. The predicted molar refractivity (Wildman–Crippen MR) is 92.8 cm³/mol. The summed E-state index contributed by atoms with van der Waals surface area (Å²) >= 11 is 1.30. The Balaban J connectivity index is 1.62. The van der Waals surface area contributed by atoms with Gasteiger partial charge in [0.25, 0.3) is 0 Å². The van der Waals surface area contributed by atoms with E-state index in [-0.39, 0.29) is 17.2 Å². The molecule has 2 aromatic heterocycles. The Morgan fingerprint density at radius 3 is 2.96 bits per heavy atom. The summed E-state index contributed by atoms with van der Waals surface area (Å²) < 4.78 is 6.64. The summed E-state index contributed by atoms with van der Waals surface area (Å²) in [4.78, 5) is 12.5. The second-order valence-electron chi connectivity index (χ2n) is 6.29. The number of furan rings is 1. The molecule has 1 aliphatic carbocycles. The van der Waals surface area contributed by atoms with Crippen LogP contribution in [0.3, 0.4) is 0 Å². The molecule has 3 N–H and O–H groups in total. The van der Waals surface area contributed by atoms with Crippen LogP contribution in [0.15, 0.2) is 28.0 Å². The van der Waals surface area contributed by atoms with Gasteiger partial charge in [0.2, 0.25) is 16.9 Å². The van der Waals surface area contributed by atoms with Crippen LogP contribution in [0, 0.1) is 5.92 Å². The van der Waals surface area contributed by atoms with Crippen LogP contribution >= 0.6 is 11.8 Å². The molecule has 130 valence electrons. The molecule has 0 saturated heterocycles. The summed E-state index contributed by atoms with van der Waals surface area (Å²) in [5, 5.41) is 11.5. The van der Waals surface area contributed by atoms with Crippen LogP contribution in [0.1, 0.15) is 39.5 Å². The highest BCUT2D eigenvalue weighted by Gasteiger charge is 2.26. The van der Waals surface area contributed by atoms with Gasteiger partial charge in [-0.1, -0.05) is 31.5 Å². The maximum atomic E-state index is 12.5. The third-order valence-corrected chi connectivity index (χ3v) is 5.55. The highest BCUT2D eigenvalue weighted by molar-refractivity contribution is 8.00. The average molecular weight is 349 g/mol. The summed E-state index contributed by atoms with van der Waals surface area (Å²) in [6, 6.07) is 3.80. The minimum atomic E-state index is -0.296. The quantitative estimate of drug-likeness (QED) is 0.635. The average Bonchev–Trinajstić information content (AvgIpc) is 3.20. The van der Waals surface area contributed by atoms with E-state index in [1.54, 1.807) is 18.4 Å². The van der Waals surface area contributed by atoms with Crippen LogP contribution in [0.4, 0.5) is 0 Å². The van der Waals surface area contributed by atoms with Crippen molar-refractivity contribution in [3.05, 3.63) is 18.4 Å². The molecule has 2 aromatic rings. The van der Waals surface area contributed by atoms with Crippen molar-refractivity contribution in [1.29, 1.82) is 0 Å². The molecule has 0 aromatic carbocycles. The fraction of sp³-hybridized carbons (Fsp3) is 0.562. The summed E-state index contributed by atoms with van der Waals surface area (Å²) in [6.07, 6.45) is 6.22. The van der Waals surface area contributed by atoms with Crippen molar-refractivity contribution in [1.82, 2.24) is 20.2 Å². The van der Waals surface area contributed by atoms with Crippen LogP contribution in [0.25, 0.3) is 11.6 Å². The normalized spacial score (nSPS) is 22.2. The van der Waals surface area contributed by atoms with E-state index < -0.39 is 0 Å². The largest absolute Gasteiger partial charge is 0.461 e. The second kappa shape index (κ2) is 7.29. The molecule has 1 aliphatic rings. The molecule has 7 nitrogen and oxygen atoms in total. The summed E-state index contributed by atoms with van der Waals surface area (Å²) in [6.45, 7) is 4.06. The van der Waals surface area contributed by atoms with E-state index in [4.69, 9.17) is 10.3 Å². The monoisotopic (exact) mass is 349 g/mol. The number of thioether (sulfide) groups is 1. The van der Waals surface area contributed by atoms with Crippen molar-refractivity contribution in [2.24, 2.45) is 5.92 Å². The first-order valence-electron chi connectivity index (χ1n) is 8.27. The number of nitrogens with one attached hydrogen (secondary N) is 1. The third-order valence-electron chi connectivity index (χ3n) is 4.50. The van der Waals surface area contributed by atoms with Crippen LogP contribution in [0.5, 0.6) is 0 Å². The Bertz CT molecular complexity index is 685. The van der Waals surface area contributed by atoms with Gasteiger partial charge in [-0.25, -0.2) is 4.68 Å². The second-order valence-corrected chi connectivity index (χ2v) is 7.60. The molecule has 2 heterocycles. The van der Waals surface area contributed by atoms with Crippen LogP contribution in [-0.4, -0.2) is 32.1 Å². The van der Waals surface area contributed by atoms with E-state index in [1.807, 2.05) is 6.92 Å². The Morgan fingerprint density at radius 1 is 1.46 bits per heavy atom. The third kappa shape index (κ3) is 3.58. The molecule has 0 spiro atoms. The number of carbonyl (C=O) groups is 1. The van der Waals surface area contributed by atoms with Crippen molar-refractivity contribution in [3.63, 3.8) is 0 Å². The van der Waals surface area contributed by atoms with Gasteiger partial charge in [-0.2, -0.15) is 0 Å². The van der Waals surface area contributed by atoms with Crippen LogP contribution in [-0.2, 0) is 4.79 Å². The molecular weight excluding hydrogens is 326 g/mol. The Kier molecular flexibility index (Phi) is 5.13. The summed E-state index contributed by atoms with van der Waals surface area (Å²) in [5.41, 5.74) is 0. The molecule has 0 radical (unpaired) electrons. The molecule has 3 rings (SSSR count). The molecule has 0 unspecified atom stereocenters. The lowest BCUT2D eigenvalue weighted by atomic mass is 9.86. The van der Waals surface area contributed by atoms with E-state index in [0.717, 1.165) is 6.42 Å². The fourth-order valence-corrected chi connectivity index (χ4v) is 3.75. The minimum Gasteiger partial charge on any atom is -0.461 e. The number of rotatable bonds is 5. The van der Waals surface area contributed by atoms with Gasteiger partial charge in [0.1, 0.15) is 0 Å². The van der Waals surface area contributed by atoms with Gasteiger partial charge < -0.3 is 15.6 Å². The zero-order valence-electron chi connectivity index (χ0n) is 13.9. The zero-order chi connectivity index (χ0) is 17.1. The molecule has 1 saturated carbocycles. The standard InChI is InChI=1S/C16H23N5O2S/c1-10-6-3-4-7-12(10)18-15(22)11(2)24-16-20-19-14(21(16)17)13-8-5-9-23-13/h5,8-12H,3-4,6-7,17H2,1-2H3,(H,18,22)/t10-,11+,12-/m0/s1. The first kappa shape index (κ1) is 16.9. The van der Waals surface area contributed by atoms with E-state index in [9.17, 15) is 4.79 Å². The number of aromatic nitrogens is 3. The predicted octanol–water partition coefficient (Wildman–Crippen LogP) is 2.43. The zero-order valence-corrected chi connectivity index (χ0v) is 14.8.